The van der Waals surface area contributed by atoms with Crippen LogP contribution in [0.5, 0.6) is 11.5 Å². The van der Waals surface area contributed by atoms with E-state index in [0.29, 0.717) is 34.5 Å². The van der Waals surface area contributed by atoms with E-state index in [1.54, 1.807) is 0 Å². The first-order chi connectivity index (χ1) is 13.3. The predicted molar refractivity (Wildman–Crippen MR) is 108 cm³/mol. The SMILES string of the molecule is C#C[C@H]1[C@H](O)c2c(c3c(c4c(CCC)cc(=O)oc24)OC(C)(C)C=C3)O[C@@H]1C. The zero-order valence-electron chi connectivity index (χ0n) is 16.5. The number of benzene rings is 1. The Hall–Kier alpha value is -2.71. The number of rotatable bonds is 2. The number of terminal acetylenes is 1. The number of ether oxygens (including phenoxy) is 2. The van der Waals surface area contributed by atoms with Crippen LogP contribution in [0.25, 0.3) is 17.0 Å². The molecule has 2 aliphatic rings. The number of aliphatic hydroxyl groups excluding tert-OH is 1. The monoisotopic (exact) mass is 380 g/mol. The number of aryl methyl sites for hydroxylation is 1. The average Bonchev–Trinajstić information content (AvgIpc) is 2.60. The highest BCUT2D eigenvalue weighted by molar-refractivity contribution is 5.97. The molecule has 0 radical (unpaired) electrons. The van der Waals surface area contributed by atoms with E-state index in [0.717, 1.165) is 17.5 Å². The summed E-state index contributed by atoms with van der Waals surface area (Å²) in [6.07, 6.45) is 9.70. The molecule has 0 unspecified atom stereocenters. The molecule has 2 aromatic rings. The van der Waals surface area contributed by atoms with Gasteiger partial charge >= 0.3 is 5.63 Å². The van der Waals surface area contributed by atoms with Gasteiger partial charge in [0.15, 0.2) is 5.58 Å². The molecule has 28 heavy (non-hydrogen) atoms. The van der Waals surface area contributed by atoms with Crippen LogP contribution in [0, 0.1) is 18.3 Å². The Morgan fingerprint density at radius 1 is 1.32 bits per heavy atom. The highest BCUT2D eigenvalue weighted by atomic mass is 16.5. The van der Waals surface area contributed by atoms with Crippen molar-refractivity contribution in [2.45, 2.75) is 58.3 Å². The lowest BCUT2D eigenvalue weighted by Crippen LogP contribution is -2.35. The summed E-state index contributed by atoms with van der Waals surface area (Å²) >= 11 is 0. The van der Waals surface area contributed by atoms with Crippen molar-refractivity contribution in [1.29, 1.82) is 0 Å². The Morgan fingerprint density at radius 2 is 2.07 bits per heavy atom. The van der Waals surface area contributed by atoms with Gasteiger partial charge in [-0.2, -0.15) is 0 Å². The van der Waals surface area contributed by atoms with Gasteiger partial charge in [0.25, 0.3) is 0 Å². The molecule has 0 amide bonds. The fourth-order valence-electron chi connectivity index (χ4n) is 4.09. The summed E-state index contributed by atoms with van der Waals surface area (Å²) in [6, 6.07) is 1.50. The molecule has 1 aromatic carbocycles. The summed E-state index contributed by atoms with van der Waals surface area (Å²) in [5.41, 5.74) is 1.32. The molecule has 4 rings (SSSR count). The molecule has 0 fully saturated rings. The van der Waals surface area contributed by atoms with Crippen molar-refractivity contribution in [2.24, 2.45) is 5.92 Å². The van der Waals surface area contributed by atoms with Crippen LogP contribution < -0.4 is 15.1 Å². The average molecular weight is 380 g/mol. The van der Waals surface area contributed by atoms with Crippen LogP contribution in [0.1, 0.15) is 56.9 Å². The molecule has 0 bridgehead atoms. The maximum absolute atomic E-state index is 12.3. The van der Waals surface area contributed by atoms with E-state index in [9.17, 15) is 9.90 Å². The highest BCUT2D eigenvalue weighted by Crippen LogP contribution is 2.52. The first-order valence-corrected chi connectivity index (χ1v) is 9.63. The van der Waals surface area contributed by atoms with E-state index < -0.39 is 23.2 Å². The Kier molecular flexibility index (Phi) is 4.28. The largest absolute Gasteiger partial charge is 0.488 e. The molecule has 2 aliphatic heterocycles. The maximum atomic E-state index is 12.3. The van der Waals surface area contributed by atoms with E-state index in [2.05, 4.69) is 5.92 Å². The van der Waals surface area contributed by atoms with Gasteiger partial charge in [0.1, 0.15) is 29.3 Å². The van der Waals surface area contributed by atoms with E-state index in [1.165, 1.54) is 6.07 Å². The number of hydrogen-bond donors (Lipinski definition) is 1. The van der Waals surface area contributed by atoms with Gasteiger partial charge in [0.05, 0.1) is 22.4 Å². The normalized spacial score (nSPS) is 24.6. The molecule has 1 aromatic heterocycles. The minimum absolute atomic E-state index is 0.301. The molecule has 3 atom stereocenters. The zero-order chi connectivity index (χ0) is 20.2. The molecule has 0 saturated carbocycles. The summed E-state index contributed by atoms with van der Waals surface area (Å²) in [5, 5.41) is 11.8. The molecule has 0 aliphatic carbocycles. The van der Waals surface area contributed by atoms with Gasteiger partial charge in [-0.15, -0.1) is 6.42 Å². The van der Waals surface area contributed by atoms with Crippen LogP contribution in [0.4, 0.5) is 0 Å². The van der Waals surface area contributed by atoms with Gasteiger partial charge in [0.2, 0.25) is 0 Å². The topological polar surface area (TPSA) is 68.9 Å². The summed E-state index contributed by atoms with van der Waals surface area (Å²) < 4.78 is 18.0. The molecule has 5 heteroatoms. The molecule has 5 nitrogen and oxygen atoms in total. The summed E-state index contributed by atoms with van der Waals surface area (Å²) in [6.45, 7) is 7.80. The Morgan fingerprint density at radius 3 is 2.75 bits per heavy atom. The smallest absolute Gasteiger partial charge is 0.336 e. The third kappa shape index (κ3) is 2.71. The molecule has 0 spiro atoms. The van der Waals surface area contributed by atoms with Crippen LogP contribution in [0.15, 0.2) is 21.4 Å². The van der Waals surface area contributed by atoms with Crippen molar-refractivity contribution >= 4 is 17.0 Å². The van der Waals surface area contributed by atoms with Crippen molar-refractivity contribution in [3.05, 3.63) is 39.3 Å². The molecule has 0 saturated heterocycles. The zero-order valence-corrected chi connectivity index (χ0v) is 16.5. The number of hydrogen-bond acceptors (Lipinski definition) is 5. The van der Waals surface area contributed by atoms with Crippen molar-refractivity contribution in [3.63, 3.8) is 0 Å². The fraction of sp³-hybridized carbons (Fsp3) is 0.435. The van der Waals surface area contributed by atoms with Crippen molar-refractivity contribution < 1.29 is 19.0 Å². The van der Waals surface area contributed by atoms with E-state index in [-0.39, 0.29) is 6.10 Å². The van der Waals surface area contributed by atoms with Crippen LogP contribution in [-0.4, -0.2) is 16.8 Å². The molecular formula is C23H24O5. The molecular weight excluding hydrogens is 356 g/mol. The minimum atomic E-state index is -1.00. The van der Waals surface area contributed by atoms with Crippen LogP contribution in [-0.2, 0) is 6.42 Å². The maximum Gasteiger partial charge on any atom is 0.336 e. The van der Waals surface area contributed by atoms with Crippen LogP contribution >= 0.6 is 0 Å². The second-order valence-corrected chi connectivity index (χ2v) is 8.03. The van der Waals surface area contributed by atoms with Gasteiger partial charge in [-0.25, -0.2) is 4.79 Å². The van der Waals surface area contributed by atoms with Gasteiger partial charge in [0, 0.05) is 6.07 Å². The molecule has 1 N–H and O–H groups in total. The minimum Gasteiger partial charge on any atom is -0.488 e. The van der Waals surface area contributed by atoms with Crippen molar-refractivity contribution in [1.82, 2.24) is 0 Å². The van der Waals surface area contributed by atoms with Crippen LogP contribution in [0.2, 0.25) is 0 Å². The van der Waals surface area contributed by atoms with Crippen molar-refractivity contribution in [3.8, 4) is 23.8 Å². The van der Waals surface area contributed by atoms with E-state index in [1.807, 2.05) is 39.8 Å². The summed E-state index contributed by atoms with van der Waals surface area (Å²) in [4.78, 5) is 12.3. The number of fused-ring (bicyclic) bond motifs is 6. The predicted octanol–water partition coefficient (Wildman–Crippen LogP) is 3.99. The lowest BCUT2D eigenvalue weighted by Gasteiger charge is -2.37. The first-order valence-electron chi connectivity index (χ1n) is 9.63. The Bertz CT molecular complexity index is 1080. The second-order valence-electron chi connectivity index (χ2n) is 8.03. The summed E-state index contributed by atoms with van der Waals surface area (Å²) in [7, 11) is 0. The standard InChI is InChI=1S/C23H24O5/c1-6-8-13-11-16(24)27-22-17(13)21-15(9-10-23(4,5)28-21)20-18(22)19(25)14(7-2)12(3)26-20/h2,9-12,14,19,25H,6,8H2,1,3-5H3/t12-,14-,19+/m1/s1. The fourth-order valence-corrected chi connectivity index (χ4v) is 4.09. The summed E-state index contributed by atoms with van der Waals surface area (Å²) in [5.74, 6) is 3.16. The van der Waals surface area contributed by atoms with Crippen molar-refractivity contribution in [2.75, 3.05) is 0 Å². The third-order valence-corrected chi connectivity index (χ3v) is 5.42. The quantitative estimate of drug-likeness (QED) is 0.630. The third-order valence-electron chi connectivity index (χ3n) is 5.42. The van der Waals surface area contributed by atoms with Gasteiger partial charge in [-0.3, -0.25) is 0 Å². The van der Waals surface area contributed by atoms with Gasteiger partial charge < -0.3 is 19.0 Å². The van der Waals surface area contributed by atoms with E-state index >= 15 is 0 Å². The lowest BCUT2D eigenvalue weighted by atomic mass is 9.84. The first kappa shape index (κ1) is 18.6. The lowest BCUT2D eigenvalue weighted by molar-refractivity contribution is 0.0363. The molecule has 3 heterocycles. The molecule has 146 valence electrons. The Labute approximate surface area is 164 Å². The highest BCUT2D eigenvalue weighted by Gasteiger charge is 2.41. The number of aliphatic hydroxyl groups is 1. The van der Waals surface area contributed by atoms with Gasteiger partial charge in [-0.1, -0.05) is 19.3 Å². The van der Waals surface area contributed by atoms with E-state index in [4.69, 9.17) is 20.3 Å². The van der Waals surface area contributed by atoms with Gasteiger partial charge in [-0.05, 0) is 44.9 Å². The van der Waals surface area contributed by atoms with Crippen LogP contribution in [0.3, 0.4) is 0 Å². The Balaban J connectivity index is 2.16. The second kappa shape index (κ2) is 6.42.